The van der Waals surface area contributed by atoms with Gasteiger partial charge in [-0.15, -0.1) is 24.0 Å². The van der Waals surface area contributed by atoms with Crippen molar-refractivity contribution in [1.29, 1.82) is 0 Å². The number of rotatable bonds is 13. The molecule has 1 aliphatic carbocycles. The molecule has 1 saturated carbocycles. The van der Waals surface area contributed by atoms with Gasteiger partial charge in [0.2, 0.25) is 0 Å². The first kappa shape index (κ1) is 25.9. The number of hydrogen-bond donors (Lipinski definition) is 2. The lowest BCUT2D eigenvalue weighted by Crippen LogP contribution is -2.38. The van der Waals surface area contributed by atoms with E-state index in [1.807, 2.05) is 7.05 Å². The molecular formula is C20H42IN3O2. The van der Waals surface area contributed by atoms with E-state index < -0.39 is 0 Å². The van der Waals surface area contributed by atoms with Crippen molar-refractivity contribution in [2.24, 2.45) is 10.9 Å². The molecule has 1 rings (SSSR count). The van der Waals surface area contributed by atoms with Gasteiger partial charge in [0.15, 0.2) is 5.96 Å². The fourth-order valence-corrected chi connectivity index (χ4v) is 3.01. The molecule has 0 amide bonds. The first-order valence-corrected chi connectivity index (χ1v) is 10.4. The standard InChI is InChI=1S/C20H41N3O2.HI/c1-18(2)17-24-15-10-14-23-20(21-3)22-13-8-5-9-16-25-19-11-6-4-7-12-19;/h18-19H,4-17H2,1-3H3,(H2,21,22,23);1H. The molecule has 156 valence electrons. The van der Waals surface area contributed by atoms with Crippen LogP contribution in [0.1, 0.15) is 71.6 Å². The Morgan fingerprint density at radius 1 is 0.962 bits per heavy atom. The van der Waals surface area contributed by atoms with Crippen LogP contribution in [0.2, 0.25) is 0 Å². The van der Waals surface area contributed by atoms with Crippen molar-refractivity contribution in [3.63, 3.8) is 0 Å². The second kappa shape index (κ2) is 18.3. The lowest BCUT2D eigenvalue weighted by atomic mass is 9.98. The van der Waals surface area contributed by atoms with Crippen LogP contribution in [0.3, 0.4) is 0 Å². The van der Waals surface area contributed by atoms with Gasteiger partial charge in [-0.2, -0.15) is 0 Å². The number of nitrogens with zero attached hydrogens (tertiary/aromatic N) is 1. The third kappa shape index (κ3) is 15.0. The molecule has 1 aliphatic rings. The van der Waals surface area contributed by atoms with Crippen molar-refractivity contribution >= 4 is 29.9 Å². The predicted molar refractivity (Wildman–Crippen MR) is 122 cm³/mol. The smallest absolute Gasteiger partial charge is 0.190 e. The van der Waals surface area contributed by atoms with Crippen LogP contribution in [-0.4, -0.2) is 52.0 Å². The molecule has 0 saturated heterocycles. The maximum atomic E-state index is 5.96. The maximum Gasteiger partial charge on any atom is 0.190 e. The van der Waals surface area contributed by atoms with Gasteiger partial charge >= 0.3 is 0 Å². The van der Waals surface area contributed by atoms with E-state index in [0.717, 1.165) is 58.1 Å². The molecule has 0 spiro atoms. The minimum atomic E-state index is 0. The van der Waals surface area contributed by atoms with E-state index in [-0.39, 0.29) is 24.0 Å². The van der Waals surface area contributed by atoms with Gasteiger partial charge in [0.25, 0.3) is 0 Å². The van der Waals surface area contributed by atoms with Crippen molar-refractivity contribution in [2.75, 3.05) is 40.0 Å². The molecule has 0 aliphatic heterocycles. The predicted octanol–water partition coefficient (Wildman–Crippen LogP) is 4.35. The summed E-state index contributed by atoms with van der Waals surface area (Å²) in [5, 5.41) is 6.71. The molecular weight excluding hydrogens is 441 g/mol. The number of nitrogens with one attached hydrogen (secondary N) is 2. The van der Waals surface area contributed by atoms with E-state index in [1.54, 1.807) is 0 Å². The highest BCUT2D eigenvalue weighted by atomic mass is 127. The molecule has 0 aromatic heterocycles. The first-order chi connectivity index (χ1) is 12.2. The highest BCUT2D eigenvalue weighted by Gasteiger charge is 2.12. The molecule has 1 fully saturated rings. The molecule has 0 bridgehead atoms. The Balaban J connectivity index is 0.00000625. The zero-order valence-corrected chi connectivity index (χ0v) is 19.6. The molecule has 0 aromatic carbocycles. The average molecular weight is 483 g/mol. The van der Waals surface area contributed by atoms with E-state index in [2.05, 4.69) is 29.5 Å². The lowest BCUT2D eigenvalue weighted by Gasteiger charge is -2.21. The van der Waals surface area contributed by atoms with Crippen LogP contribution >= 0.6 is 24.0 Å². The Bertz CT molecular complexity index is 335. The normalized spacial score (nSPS) is 15.8. The largest absolute Gasteiger partial charge is 0.381 e. The lowest BCUT2D eigenvalue weighted by molar-refractivity contribution is 0.0264. The Hall–Kier alpha value is -0.0800. The third-order valence-corrected chi connectivity index (χ3v) is 4.45. The van der Waals surface area contributed by atoms with Gasteiger partial charge in [0, 0.05) is 40.0 Å². The van der Waals surface area contributed by atoms with Crippen molar-refractivity contribution in [2.45, 2.75) is 77.7 Å². The highest BCUT2D eigenvalue weighted by Crippen LogP contribution is 2.20. The zero-order valence-electron chi connectivity index (χ0n) is 17.2. The minimum absolute atomic E-state index is 0. The fourth-order valence-electron chi connectivity index (χ4n) is 3.01. The molecule has 0 heterocycles. The van der Waals surface area contributed by atoms with Crippen LogP contribution in [0.5, 0.6) is 0 Å². The summed E-state index contributed by atoms with van der Waals surface area (Å²) in [7, 11) is 1.82. The molecule has 2 N–H and O–H groups in total. The molecule has 0 unspecified atom stereocenters. The van der Waals surface area contributed by atoms with Gasteiger partial charge < -0.3 is 20.1 Å². The van der Waals surface area contributed by atoms with Gasteiger partial charge in [-0.05, 0) is 44.4 Å². The van der Waals surface area contributed by atoms with E-state index in [0.29, 0.717) is 12.0 Å². The average Bonchev–Trinajstić information content (AvgIpc) is 2.62. The van der Waals surface area contributed by atoms with Crippen molar-refractivity contribution < 1.29 is 9.47 Å². The minimum Gasteiger partial charge on any atom is -0.381 e. The first-order valence-electron chi connectivity index (χ1n) is 10.4. The Morgan fingerprint density at radius 2 is 1.65 bits per heavy atom. The second-order valence-electron chi connectivity index (χ2n) is 7.44. The van der Waals surface area contributed by atoms with E-state index in [9.17, 15) is 0 Å². The third-order valence-electron chi connectivity index (χ3n) is 4.45. The Labute approximate surface area is 178 Å². The van der Waals surface area contributed by atoms with Gasteiger partial charge in [-0.1, -0.05) is 33.1 Å². The summed E-state index contributed by atoms with van der Waals surface area (Å²) >= 11 is 0. The number of halogens is 1. The second-order valence-corrected chi connectivity index (χ2v) is 7.44. The molecule has 0 atom stereocenters. The molecule has 0 radical (unpaired) electrons. The van der Waals surface area contributed by atoms with Crippen LogP contribution in [-0.2, 0) is 9.47 Å². The number of guanidine groups is 1. The molecule has 26 heavy (non-hydrogen) atoms. The highest BCUT2D eigenvalue weighted by molar-refractivity contribution is 14.0. The number of aliphatic imine (C=N–C) groups is 1. The van der Waals surface area contributed by atoms with Crippen LogP contribution in [0, 0.1) is 5.92 Å². The van der Waals surface area contributed by atoms with Crippen molar-refractivity contribution in [1.82, 2.24) is 10.6 Å². The van der Waals surface area contributed by atoms with E-state index >= 15 is 0 Å². The van der Waals surface area contributed by atoms with Crippen LogP contribution < -0.4 is 10.6 Å². The summed E-state index contributed by atoms with van der Waals surface area (Å²) in [6.07, 6.45) is 11.7. The summed E-state index contributed by atoms with van der Waals surface area (Å²) in [6.45, 7) is 8.78. The van der Waals surface area contributed by atoms with Gasteiger partial charge in [0.05, 0.1) is 6.10 Å². The summed E-state index contributed by atoms with van der Waals surface area (Å²) in [4.78, 5) is 4.26. The fraction of sp³-hybridized carbons (Fsp3) is 0.950. The summed E-state index contributed by atoms with van der Waals surface area (Å²) in [5.74, 6) is 1.50. The zero-order chi connectivity index (χ0) is 18.2. The summed E-state index contributed by atoms with van der Waals surface area (Å²) in [6, 6.07) is 0. The Morgan fingerprint density at radius 3 is 2.31 bits per heavy atom. The summed E-state index contributed by atoms with van der Waals surface area (Å²) in [5.41, 5.74) is 0. The Kier molecular flexibility index (Phi) is 18.2. The van der Waals surface area contributed by atoms with Gasteiger partial charge in [-0.25, -0.2) is 0 Å². The number of ether oxygens (including phenoxy) is 2. The number of unbranched alkanes of at least 4 members (excludes halogenated alkanes) is 2. The van der Waals surface area contributed by atoms with E-state index in [4.69, 9.17) is 9.47 Å². The quantitative estimate of drug-likeness (QED) is 0.177. The molecule has 6 heteroatoms. The maximum absolute atomic E-state index is 5.96. The van der Waals surface area contributed by atoms with Crippen LogP contribution in [0.15, 0.2) is 4.99 Å². The topological polar surface area (TPSA) is 54.9 Å². The van der Waals surface area contributed by atoms with E-state index in [1.165, 1.54) is 38.5 Å². The molecule has 0 aromatic rings. The summed E-state index contributed by atoms with van der Waals surface area (Å²) < 4.78 is 11.5. The van der Waals surface area contributed by atoms with Crippen molar-refractivity contribution in [3.8, 4) is 0 Å². The van der Waals surface area contributed by atoms with Gasteiger partial charge in [0.1, 0.15) is 0 Å². The van der Waals surface area contributed by atoms with Crippen LogP contribution in [0.4, 0.5) is 0 Å². The van der Waals surface area contributed by atoms with Crippen molar-refractivity contribution in [3.05, 3.63) is 0 Å². The van der Waals surface area contributed by atoms with Gasteiger partial charge in [-0.3, -0.25) is 4.99 Å². The number of hydrogen-bond acceptors (Lipinski definition) is 3. The van der Waals surface area contributed by atoms with Crippen LogP contribution in [0.25, 0.3) is 0 Å². The monoisotopic (exact) mass is 483 g/mol. The SMILES string of the molecule is CN=C(NCCCCCOC1CCCCC1)NCCCOCC(C)C.I. The molecule has 5 nitrogen and oxygen atoms in total.